The minimum atomic E-state index is -0.439. The molecule has 0 aliphatic carbocycles. The van der Waals surface area contributed by atoms with E-state index in [1.54, 1.807) is 6.07 Å². The van der Waals surface area contributed by atoms with Gasteiger partial charge >= 0.3 is 0 Å². The summed E-state index contributed by atoms with van der Waals surface area (Å²) >= 11 is 11.1. The first-order chi connectivity index (χ1) is 9.54. The molecule has 1 N–H and O–H groups in total. The molecule has 3 aromatic rings. The maximum absolute atomic E-state index is 13.6. The monoisotopic (exact) mass is 306 g/mol. The highest BCUT2D eigenvalue weighted by Crippen LogP contribution is 2.23. The molecule has 0 radical (unpaired) electrons. The normalized spacial score (nSPS) is 11.2. The topological polar surface area (TPSA) is 20.7 Å². The number of aromatic amines is 1. The molecule has 2 aromatic carbocycles. The molecule has 2 nitrogen and oxygen atoms in total. The van der Waals surface area contributed by atoms with Crippen LogP contribution in [0.3, 0.4) is 0 Å². The van der Waals surface area contributed by atoms with Gasteiger partial charge in [0.15, 0.2) is 4.77 Å². The Kier molecular flexibility index (Phi) is 3.36. The van der Waals surface area contributed by atoms with E-state index < -0.39 is 5.82 Å². The van der Waals surface area contributed by atoms with E-state index in [2.05, 4.69) is 4.98 Å². The van der Waals surface area contributed by atoms with Gasteiger partial charge in [0, 0.05) is 6.07 Å². The molecule has 102 valence electrons. The molecule has 0 amide bonds. The Hall–Kier alpha value is -1.65. The van der Waals surface area contributed by atoms with Crippen LogP contribution in [0.4, 0.5) is 4.39 Å². The molecule has 0 aliphatic rings. The van der Waals surface area contributed by atoms with Crippen molar-refractivity contribution in [2.75, 3.05) is 0 Å². The predicted octanol–water partition coefficient (Wildman–Crippen LogP) is 4.85. The first-order valence-electron chi connectivity index (χ1n) is 6.18. The lowest BCUT2D eigenvalue weighted by atomic mass is 10.1. The van der Waals surface area contributed by atoms with Crippen LogP contribution in [-0.4, -0.2) is 9.55 Å². The maximum atomic E-state index is 13.6. The van der Waals surface area contributed by atoms with Gasteiger partial charge in [0.2, 0.25) is 0 Å². The summed E-state index contributed by atoms with van der Waals surface area (Å²) in [6.45, 7) is 2.64. The second kappa shape index (κ2) is 5.04. The Morgan fingerprint density at radius 2 is 1.95 bits per heavy atom. The van der Waals surface area contributed by atoms with Crippen LogP contribution in [0.1, 0.15) is 11.1 Å². The van der Waals surface area contributed by atoms with E-state index in [-0.39, 0.29) is 5.02 Å². The lowest BCUT2D eigenvalue weighted by Gasteiger charge is -2.06. The van der Waals surface area contributed by atoms with Gasteiger partial charge < -0.3 is 9.55 Å². The van der Waals surface area contributed by atoms with Gasteiger partial charge in [-0.05, 0) is 30.8 Å². The molecule has 1 heterocycles. The molecule has 0 spiro atoms. The van der Waals surface area contributed by atoms with E-state index in [0.717, 1.165) is 16.6 Å². The number of nitrogens with one attached hydrogen (secondary N) is 1. The van der Waals surface area contributed by atoms with Crippen molar-refractivity contribution in [1.29, 1.82) is 0 Å². The standard InChI is InChI=1S/C15H12ClFN2S/c1-9-2-4-10(5-3-9)8-19-14-7-12(17)11(16)6-13(14)18-15(19)20/h2-7H,8H2,1H3,(H,18,20). The summed E-state index contributed by atoms with van der Waals surface area (Å²) in [4.78, 5) is 3.05. The number of aryl methyl sites for hydroxylation is 1. The number of halogens is 2. The lowest BCUT2D eigenvalue weighted by molar-refractivity contribution is 0.629. The van der Waals surface area contributed by atoms with Crippen molar-refractivity contribution < 1.29 is 4.39 Å². The maximum Gasteiger partial charge on any atom is 0.178 e. The number of H-pyrrole nitrogens is 1. The number of fused-ring (bicyclic) bond motifs is 1. The Morgan fingerprint density at radius 3 is 2.65 bits per heavy atom. The summed E-state index contributed by atoms with van der Waals surface area (Å²) in [5.74, 6) is -0.439. The zero-order valence-corrected chi connectivity index (χ0v) is 12.4. The molecule has 0 atom stereocenters. The highest BCUT2D eigenvalue weighted by Gasteiger charge is 2.09. The van der Waals surface area contributed by atoms with Gasteiger partial charge in [-0.2, -0.15) is 0 Å². The third-order valence-electron chi connectivity index (χ3n) is 3.28. The van der Waals surface area contributed by atoms with Gasteiger partial charge in [-0.3, -0.25) is 0 Å². The minimum Gasteiger partial charge on any atom is -0.331 e. The zero-order chi connectivity index (χ0) is 14.3. The fourth-order valence-corrected chi connectivity index (χ4v) is 2.62. The second-order valence-electron chi connectivity index (χ2n) is 4.79. The highest BCUT2D eigenvalue weighted by molar-refractivity contribution is 7.71. The van der Waals surface area contributed by atoms with E-state index in [4.69, 9.17) is 23.8 Å². The molecule has 0 saturated heterocycles. The first-order valence-corrected chi connectivity index (χ1v) is 6.96. The van der Waals surface area contributed by atoms with Crippen LogP contribution < -0.4 is 0 Å². The average Bonchev–Trinajstić information content (AvgIpc) is 2.69. The quantitative estimate of drug-likeness (QED) is 0.671. The van der Waals surface area contributed by atoms with Crippen molar-refractivity contribution in [1.82, 2.24) is 9.55 Å². The number of hydrogen-bond donors (Lipinski definition) is 1. The van der Waals surface area contributed by atoms with Crippen molar-refractivity contribution in [2.24, 2.45) is 0 Å². The van der Waals surface area contributed by atoms with E-state index in [1.807, 2.05) is 35.8 Å². The Morgan fingerprint density at radius 1 is 1.25 bits per heavy atom. The highest BCUT2D eigenvalue weighted by atomic mass is 35.5. The van der Waals surface area contributed by atoms with Crippen LogP contribution in [0, 0.1) is 17.5 Å². The van der Waals surface area contributed by atoms with E-state index in [0.29, 0.717) is 11.3 Å². The Balaban J connectivity index is 2.11. The number of imidazole rings is 1. The van der Waals surface area contributed by atoms with Crippen LogP contribution in [0.5, 0.6) is 0 Å². The molecule has 20 heavy (non-hydrogen) atoms. The summed E-state index contributed by atoms with van der Waals surface area (Å²) < 4.78 is 16.1. The summed E-state index contributed by atoms with van der Waals surface area (Å²) in [6.07, 6.45) is 0. The third-order valence-corrected chi connectivity index (χ3v) is 3.89. The van der Waals surface area contributed by atoms with Crippen molar-refractivity contribution in [2.45, 2.75) is 13.5 Å². The summed E-state index contributed by atoms with van der Waals surface area (Å²) in [5, 5.41) is 0.0937. The number of benzene rings is 2. The number of nitrogens with zero attached hydrogens (tertiary/aromatic N) is 1. The van der Waals surface area contributed by atoms with E-state index >= 15 is 0 Å². The number of aromatic nitrogens is 2. The molecule has 0 unspecified atom stereocenters. The van der Waals surface area contributed by atoms with Crippen LogP contribution in [0.25, 0.3) is 11.0 Å². The number of rotatable bonds is 2. The van der Waals surface area contributed by atoms with Crippen molar-refractivity contribution in [3.63, 3.8) is 0 Å². The zero-order valence-electron chi connectivity index (χ0n) is 10.8. The molecular weight excluding hydrogens is 295 g/mol. The molecule has 0 bridgehead atoms. The fourth-order valence-electron chi connectivity index (χ4n) is 2.18. The largest absolute Gasteiger partial charge is 0.331 e. The second-order valence-corrected chi connectivity index (χ2v) is 5.58. The first kappa shape index (κ1) is 13.3. The van der Waals surface area contributed by atoms with E-state index in [9.17, 15) is 4.39 Å². The van der Waals surface area contributed by atoms with Crippen LogP contribution >= 0.6 is 23.8 Å². The van der Waals surface area contributed by atoms with Crippen LogP contribution in [-0.2, 0) is 6.54 Å². The van der Waals surface area contributed by atoms with Crippen LogP contribution in [0.2, 0.25) is 5.02 Å². The van der Waals surface area contributed by atoms with Crippen molar-refractivity contribution in [3.8, 4) is 0 Å². The molecule has 0 aliphatic heterocycles. The van der Waals surface area contributed by atoms with Crippen LogP contribution in [0.15, 0.2) is 36.4 Å². The number of hydrogen-bond acceptors (Lipinski definition) is 1. The molecule has 1 aromatic heterocycles. The minimum absolute atomic E-state index is 0.0937. The summed E-state index contributed by atoms with van der Waals surface area (Å²) in [6, 6.07) is 11.2. The molecule has 3 rings (SSSR count). The van der Waals surface area contributed by atoms with Gasteiger partial charge in [-0.25, -0.2) is 4.39 Å². The van der Waals surface area contributed by atoms with Gasteiger partial charge in [-0.15, -0.1) is 0 Å². The molecular formula is C15H12ClFN2S. The fraction of sp³-hybridized carbons (Fsp3) is 0.133. The van der Waals surface area contributed by atoms with E-state index in [1.165, 1.54) is 11.6 Å². The summed E-state index contributed by atoms with van der Waals surface area (Å²) in [7, 11) is 0. The Bertz CT molecular complexity index is 833. The molecule has 0 fully saturated rings. The third kappa shape index (κ3) is 2.37. The molecule has 5 heteroatoms. The SMILES string of the molecule is Cc1ccc(Cn2c(=S)[nH]c3cc(Cl)c(F)cc32)cc1. The van der Waals surface area contributed by atoms with Gasteiger partial charge in [-0.1, -0.05) is 41.4 Å². The van der Waals surface area contributed by atoms with Gasteiger partial charge in [0.05, 0.1) is 22.6 Å². The van der Waals surface area contributed by atoms with Gasteiger partial charge in [0.1, 0.15) is 5.82 Å². The average molecular weight is 307 g/mol. The van der Waals surface area contributed by atoms with Crippen molar-refractivity contribution in [3.05, 3.63) is 63.1 Å². The smallest absolute Gasteiger partial charge is 0.178 e. The van der Waals surface area contributed by atoms with Gasteiger partial charge in [0.25, 0.3) is 0 Å². The predicted molar refractivity (Wildman–Crippen MR) is 82.4 cm³/mol. The molecule has 0 saturated carbocycles. The van der Waals surface area contributed by atoms with Crippen molar-refractivity contribution >= 4 is 34.9 Å². The summed E-state index contributed by atoms with van der Waals surface area (Å²) in [5.41, 5.74) is 3.78. The Labute approximate surface area is 125 Å². The lowest BCUT2D eigenvalue weighted by Crippen LogP contribution is -1.99.